The molecule has 1 heterocycles. The monoisotopic (exact) mass is 147 g/mol. The summed E-state index contributed by atoms with van der Waals surface area (Å²) in [5.41, 5.74) is 2.80. The van der Waals surface area contributed by atoms with Crippen LogP contribution in [0.5, 0.6) is 0 Å². The Labute approximate surface area is 67.5 Å². The molecule has 0 spiro atoms. The summed E-state index contributed by atoms with van der Waals surface area (Å²) >= 11 is 0. The molecular weight excluding hydrogens is 134 g/mol. The zero-order valence-corrected chi connectivity index (χ0v) is 6.88. The highest BCUT2D eigenvalue weighted by atomic mass is 14.7. The van der Waals surface area contributed by atoms with E-state index < -0.39 is 0 Å². The molecular formula is C10H13N. The fraction of sp³-hybridized carbons (Fsp3) is 0.500. The maximum atomic E-state index is 4.37. The predicted molar refractivity (Wildman–Crippen MR) is 45.6 cm³/mol. The van der Waals surface area contributed by atoms with E-state index in [1.165, 1.54) is 30.5 Å². The average molecular weight is 147 g/mol. The van der Waals surface area contributed by atoms with Gasteiger partial charge in [0.1, 0.15) is 0 Å². The summed E-state index contributed by atoms with van der Waals surface area (Å²) < 4.78 is 0. The van der Waals surface area contributed by atoms with Gasteiger partial charge in [0, 0.05) is 11.9 Å². The van der Waals surface area contributed by atoms with E-state index in [2.05, 4.69) is 18.0 Å². The molecule has 0 fully saturated rings. The Morgan fingerprint density at radius 2 is 2.45 bits per heavy atom. The van der Waals surface area contributed by atoms with Gasteiger partial charge in [-0.2, -0.15) is 0 Å². The summed E-state index contributed by atoms with van der Waals surface area (Å²) in [7, 11) is 0. The van der Waals surface area contributed by atoms with Gasteiger partial charge in [-0.25, -0.2) is 0 Å². The van der Waals surface area contributed by atoms with Crippen molar-refractivity contribution in [2.75, 3.05) is 0 Å². The highest BCUT2D eigenvalue weighted by Crippen LogP contribution is 2.28. The number of hydrogen-bond donors (Lipinski definition) is 0. The van der Waals surface area contributed by atoms with Crippen molar-refractivity contribution in [1.29, 1.82) is 0 Å². The highest BCUT2D eigenvalue weighted by Gasteiger charge is 2.15. The first-order valence-corrected chi connectivity index (χ1v) is 4.31. The van der Waals surface area contributed by atoms with Crippen LogP contribution in [-0.4, -0.2) is 4.98 Å². The maximum absolute atomic E-state index is 4.37. The van der Waals surface area contributed by atoms with Crippen LogP contribution in [0.3, 0.4) is 0 Å². The Balaban J connectivity index is 2.44. The maximum Gasteiger partial charge on any atom is 0.0438 e. The Hall–Kier alpha value is -0.850. The zero-order valence-electron chi connectivity index (χ0n) is 6.88. The smallest absolute Gasteiger partial charge is 0.0438 e. The molecule has 11 heavy (non-hydrogen) atoms. The van der Waals surface area contributed by atoms with Crippen molar-refractivity contribution in [3.05, 3.63) is 29.6 Å². The zero-order chi connectivity index (χ0) is 7.68. The van der Waals surface area contributed by atoms with E-state index >= 15 is 0 Å². The molecule has 58 valence electrons. The Kier molecular flexibility index (Phi) is 1.65. The Bertz CT molecular complexity index is 255. The van der Waals surface area contributed by atoms with Gasteiger partial charge in [0.05, 0.1) is 0 Å². The molecule has 0 unspecified atom stereocenters. The number of aromatic nitrogens is 1. The average Bonchev–Trinajstić information content (AvgIpc) is 2.06. The van der Waals surface area contributed by atoms with Crippen LogP contribution in [-0.2, 0) is 6.42 Å². The van der Waals surface area contributed by atoms with E-state index in [0.717, 1.165) is 5.92 Å². The molecule has 0 saturated carbocycles. The molecule has 0 aromatic carbocycles. The molecule has 1 aliphatic carbocycles. The lowest BCUT2D eigenvalue weighted by atomic mass is 9.87. The van der Waals surface area contributed by atoms with Crippen LogP contribution in [0.25, 0.3) is 0 Å². The first-order valence-electron chi connectivity index (χ1n) is 4.31. The minimum atomic E-state index is 0.729. The van der Waals surface area contributed by atoms with Gasteiger partial charge in [-0.05, 0) is 36.8 Å². The Morgan fingerprint density at radius 1 is 1.55 bits per heavy atom. The summed E-state index contributed by atoms with van der Waals surface area (Å²) in [6.45, 7) is 2.29. The van der Waals surface area contributed by atoms with Crippen molar-refractivity contribution in [2.45, 2.75) is 32.1 Å². The molecule has 1 heteroatoms. The van der Waals surface area contributed by atoms with Gasteiger partial charge in [-0.3, -0.25) is 4.98 Å². The van der Waals surface area contributed by atoms with E-state index in [1.54, 1.807) is 0 Å². The Morgan fingerprint density at radius 3 is 3.27 bits per heavy atom. The number of nitrogens with zero attached hydrogens (tertiary/aromatic N) is 1. The summed E-state index contributed by atoms with van der Waals surface area (Å²) in [5.74, 6) is 0.729. The predicted octanol–water partition coefficient (Wildman–Crippen LogP) is 2.52. The number of pyridine rings is 1. The molecule has 0 radical (unpaired) electrons. The summed E-state index contributed by atoms with van der Waals surface area (Å²) in [4.78, 5) is 4.37. The van der Waals surface area contributed by atoms with Crippen LogP contribution in [0.15, 0.2) is 18.3 Å². The van der Waals surface area contributed by atoms with E-state index in [4.69, 9.17) is 0 Å². The van der Waals surface area contributed by atoms with Gasteiger partial charge in [-0.15, -0.1) is 0 Å². The second-order valence-electron chi connectivity index (χ2n) is 3.33. The third-order valence-corrected chi connectivity index (χ3v) is 2.51. The lowest BCUT2D eigenvalue weighted by Crippen LogP contribution is -2.08. The topological polar surface area (TPSA) is 12.9 Å². The third kappa shape index (κ3) is 1.15. The molecule has 0 amide bonds. The highest BCUT2D eigenvalue weighted by molar-refractivity contribution is 5.25. The van der Waals surface area contributed by atoms with Gasteiger partial charge < -0.3 is 0 Å². The van der Waals surface area contributed by atoms with Crippen molar-refractivity contribution in [2.24, 2.45) is 0 Å². The quantitative estimate of drug-likeness (QED) is 0.549. The van der Waals surface area contributed by atoms with Crippen molar-refractivity contribution in [3.63, 3.8) is 0 Å². The van der Waals surface area contributed by atoms with Crippen LogP contribution in [0.1, 0.15) is 36.9 Å². The molecule has 0 bridgehead atoms. The summed E-state index contributed by atoms with van der Waals surface area (Å²) in [6, 6.07) is 4.26. The van der Waals surface area contributed by atoms with Gasteiger partial charge >= 0.3 is 0 Å². The van der Waals surface area contributed by atoms with E-state index in [9.17, 15) is 0 Å². The number of fused-ring (bicyclic) bond motifs is 1. The number of rotatable bonds is 0. The normalized spacial score (nSPS) is 22.8. The molecule has 1 aliphatic rings. The molecule has 1 nitrogen and oxygen atoms in total. The molecule has 1 atom stereocenters. The van der Waals surface area contributed by atoms with E-state index in [-0.39, 0.29) is 0 Å². The molecule has 1 aromatic rings. The van der Waals surface area contributed by atoms with Crippen LogP contribution < -0.4 is 0 Å². The van der Waals surface area contributed by atoms with Gasteiger partial charge in [0.15, 0.2) is 0 Å². The van der Waals surface area contributed by atoms with Crippen LogP contribution >= 0.6 is 0 Å². The third-order valence-electron chi connectivity index (χ3n) is 2.51. The lowest BCUT2D eigenvalue weighted by molar-refractivity contribution is 0.579. The largest absolute Gasteiger partial charge is 0.261 e. The molecule has 1 aromatic heterocycles. The van der Waals surface area contributed by atoms with Crippen molar-refractivity contribution < 1.29 is 0 Å². The van der Waals surface area contributed by atoms with Crippen LogP contribution in [0.2, 0.25) is 0 Å². The number of hydrogen-bond acceptors (Lipinski definition) is 1. The fourth-order valence-corrected chi connectivity index (χ4v) is 1.84. The van der Waals surface area contributed by atoms with Crippen molar-refractivity contribution in [1.82, 2.24) is 4.98 Å². The minimum Gasteiger partial charge on any atom is -0.261 e. The first kappa shape index (κ1) is 6.84. The molecule has 0 saturated heterocycles. The molecule has 0 N–H and O–H groups in total. The first-order chi connectivity index (χ1) is 5.38. The SMILES string of the molecule is C[C@H]1CCCc2ncccc21. The lowest BCUT2D eigenvalue weighted by Gasteiger charge is -2.20. The van der Waals surface area contributed by atoms with Crippen molar-refractivity contribution >= 4 is 0 Å². The molecule has 0 aliphatic heterocycles. The van der Waals surface area contributed by atoms with E-state index in [1.807, 2.05) is 12.3 Å². The summed E-state index contributed by atoms with van der Waals surface area (Å²) in [6.07, 6.45) is 5.72. The van der Waals surface area contributed by atoms with Crippen LogP contribution in [0, 0.1) is 0 Å². The minimum absolute atomic E-state index is 0.729. The molecule has 2 rings (SSSR count). The summed E-state index contributed by atoms with van der Waals surface area (Å²) in [5, 5.41) is 0. The van der Waals surface area contributed by atoms with Gasteiger partial charge in [-0.1, -0.05) is 13.0 Å². The van der Waals surface area contributed by atoms with Crippen molar-refractivity contribution in [3.8, 4) is 0 Å². The fourth-order valence-electron chi connectivity index (χ4n) is 1.84. The van der Waals surface area contributed by atoms with Crippen LogP contribution in [0.4, 0.5) is 0 Å². The van der Waals surface area contributed by atoms with E-state index in [0.29, 0.717) is 0 Å². The second kappa shape index (κ2) is 2.65. The number of aryl methyl sites for hydroxylation is 1. The van der Waals surface area contributed by atoms with Gasteiger partial charge in [0.2, 0.25) is 0 Å². The standard InChI is InChI=1S/C10H13N/c1-8-4-2-6-10-9(8)5-3-7-11-10/h3,5,7-8H,2,4,6H2,1H3/t8-/m0/s1. The second-order valence-corrected chi connectivity index (χ2v) is 3.33. The van der Waals surface area contributed by atoms with Gasteiger partial charge in [0.25, 0.3) is 0 Å².